The summed E-state index contributed by atoms with van der Waals surface area (Å²) in [6.07, 6.45) is 0.781. The number of amides is 1. The molecule has 182 valence electrons. The first-order chi connectivity index (χ1) is 16.3. The van der Waals surface area contributed by atoms with Crippen molar-refractivity contribution >= 4 is 28.6 Å². The summed E-state index contributed by atoms with van der Waals surface area (Å²) in [7, 11) is 0. The van der Waals surface area contributed by atoms with Crippen molar-refractivity contribution in [3.8, 4) is 0 Å². The minimum absolute atomic E-state index is 0.0547. The molecule has 0 aliphatic rings. The van der Waals surface area contributed by atoms with Gasteiger partial charge in [-0.25, -0.2) is 4.98 Å². The van der Waals surface area contributed by atoms with Crippen molar-refractivity contribution < 1.29 is 4.79 Å². The Bertz CT molecular complexity index is 1140. The van der Waals surface area contributed by atoms with Gasteiger partial charge in [-0.05, 0) is 58.7 Å². The van der Waals surface area contributed by atoms with Gasteiger partial charge in [-0.1, -0.05) is 54.2 Å². The number of aromatic nitrogens is 2. The number of thioether (sulfide) groups is 1. The number of para-hydroxylation sites is 1. The highest BCUT2D eigenvalue weighted by Gasteiger charge is 2.21. The van der Waals surface area contributed by atoms with Crippen LogP contribution in [0, 0.1) is 0 Å². The molecule has 1 aromatic heterocycles. The zero-order valence-electron chi connectivity index (χ0n) is 20.8. The van der Waals surface area contributed by atoms with Crippen molar-refractivity contribution in [3.05, 3.63) is 70.5 Å². The van der Waals surface area contributed by atoms with Gasteiger partial charge in [0, 0.05) is 31.7 Å². The van der Waals surface area contributed by atoms with E-state index in [4.69, 9.17) is 4.98 Å². The second-order valence-corrected chi connectivity index (χ2v) is 10.4. The van der Waals surface area contributed by atoms with Crippen molar-refractivity contribution in [1.29, 1.82) is 0 Å². The third-order valence-corrected chi connectivity index (χ3v) is 7.03. The zero-order chi connectivity index (χ0) is 24.7. The Morgan fingerprint density at radius 1 is 1.00 bits per heavy atom. The van der Waals surface area contributed by atoms with Gasteiger partial charge >= 0.3 is 0 Å². The fourth-order valence-electron chi connectivity index (χ4n) is 4.09. The van der Waals surface area contributed by atoms with E-state index in [-0.39, 0.29) is 16.7 Å². The van der Waals surface area contributed by atoms with Crippen molar-refractivity contribution in [2.45, 2.75) is 70.1 Å². The topological polar surface area (TPSA) is 67.2 Å². The Morgan fingerprint density at radius 2 is 1.65 bits per heavy atom. The maximum Gasteiger partial charge on any atom is 0.262 e. The van der Waals surface area contributed by atoms with E-state index < -0.39 is 0 Å². The van der Waals surface area contributed by atoms with Crippen LogP contribution >= 0.6 is 11.8 Å². The summed E-state index contributed by atoms with van der Waals surface area (Å²) in [4.78, 5) is 33.3. The molecule has 3 rings (SSSR count). The molecular formula is C27H36N4O2S. The third kappa shape index (κ3) is 6.70. The van der Waals surface area contributed by atoms with Crippen LogP contribution < -0.4 is 10.9 Å². The van der Waals surface area contributed by atoms with Crippen LogP contribution in [0.4, 0.5) is 0 Å². The molecule has 34 heavy (non-hydrogen) atoms. The molecule has 1 amide bonds. The molecule has 0 saturated carbocycles. The van der Waals surface area contributed by atoms with Gasteiger partial charge in [0.25, 0.3) is 5.56 Å². The summed E-state index contributed by atoms with van der Waals surface area (Å²) in [5.74, 6) is -0.0547. The van der Waals surface area contributed by atoms with Crippen LogP contribution in [0.5, 0.6) is 0 Å². The van der Waals surface area contributed by atoms with Crippen LogP contribution in [0.25, 0.3) is 10.9 Å². The summed E-state index contributed by atoms with van der Waals surface area (Å²) >= 11 is 1.34. The lowest BCUT2D eigenvalue weighted by Gasteiger charge is -2.31. The van der Waals surface area contributed by atoms with Crippen LogP contribution in [0.15, 0.2) is 64.5 Å². The second-order valence-electron chi connectivity index (χ2n) is 9.08. The molecule has 0 aliphatic carbocycles. The maximum absolute atomic E-state index is 13.4. The molecule has 3 aromatic rings. The summed E-state index contributed by atoms with van der Waals surface area (Å²) in [6, 6.07) is 18.2. The largest absolute Gasteiger partial charge is 0.355 e. The van der Waals surface area contributed by atoms with Gasteiger partial charge in [-0.2, -0.15) is 0 Å². The van der Waals surface area contributed by atoms with E-state index in [1.807, 2.05) is 49.4 Å². The molecule has 6 nitrogen and oxygen atoms in total. The molecule has 0 fully saturated rings. The standard InChI is InChI=1S/C27H36N4O2S/c1-19(2)30(20(3)4)17-18-31-26(33)23-13-9-10-14-24(23)29-27(31)34-21(5)25(32)28-16-15-22-11-7-6-8-12-22/h6-14,19-21H,15-18H2,1-5H3,(H,28,32). The molecular weight excluding hydrogens is 444 g/mol. The Labute approximate surface area is 206 Å². The first kappa shape index (κ1) is 26.0. The lowest BCUT2D eigenvalue weighted by molar-refractivity contribution is -0.120. The van der Waals surface area contributed by atoms with Crippen molar-refractivity contribution in [2.75, 3.05) is 13.1 Å². The van der Waals surface area contributed by atoms with Crippen LogP contribution in [0.1, 0.15) is 40.2 Å². The zero-order valence-corrected chi connectivity index (χ0v) is 21.6. The fraction of sp³-hybridized carbons (Fsp3) is 0.444. The van der Waals surface area contributed by atoms with E-state index >= 15 is 0 Å². The number of hydrogen-bond acceptors (Lipinski definition) is 5. The van der Waals surface area contributed by atoms with Crippen LogP contribution in [0.3, 0.4) is 0 Å². The highest BCUT2D eigenvalue weighted by atomic mass is 32.2. The van der Waals surface area contributed by atoms with Gasteiger partial charge in [0.2, 0.25) is 5.91 Å². The van der Waals surface area contributed by atoms with Gasteiger partial charge < -0.3 is 5.32 Å². The van der Waals surface area contributed by atoms with Crippen LogP contribution in [-0.2, 0) is 17.8 Å². The molecule has 7 heteroatoms. The fourth-order valence-corrected chi connectivity index (χ4v) is 5.05. The number of hydrogen-bond donors (Lipinski definition) is 1. The molecule has 0 bridgehead atoms. The van der Waals surface area contributed by atoms with E-state index in [2.05, 4.69) is 50.0 Å². The maximum atomic E-state index is 13.4. The minimum Gasteiger partial charge on any atom is -0.355 e. The van der Waals surface area contributed by atoms with Gasteiger partial charge in [-0.15, -0.1) is 0 Å². The normalized spacial score (nSPS) is 12.6. The summed E-state index contributed by atoms with van der Waals surface area (Å²) in [5.41, 5.74) is 1.79. The van der Waals surface area contributed by atoms with Crippen LogP contribution in [-0.4, -0.2) is 50.8 Å². The van der Waals surface area contributed by atoms with Gasteiger partial charge in [-0.3, -0.25) is 19.1 Å². The second kappa shape index (κ2) is 12.2. The number of nitrogens with zero attached hydrogens (tertiary/aromatic N) is 3. The Kier molecular flexibility index (Phi) is 9.30. The lowest BCUT2D eigenvalue weighted by atomic mass is 10.1. The van der Waals surface area contributed by atoms with E-state index in [0.717, 1.165) is 13.0 Å². The molecule has 1 heterocycles. The summed E-state index contributed by atoms with van der Waals surface area (Å²) in [5, 5.41) is 3.83. The monoisotopic (exact) mass is 480 g/mol. The number of benzene rings is 2. The molecule has 0 radical (unpaired) electrons. The highest BCUT2D eigenvalue weighted by Crippen LogP contribution is 2.23. The molecule has 2 aromatic carbocycles. The van der Waals surface area contributed by atoms with E-state index in [1.165, 1.54) is 17.3 Å². The molecule has 0 spiro atoms. The van der Waals surface area contributed by atoms with E-state index in [1.54, 1.807) is 4.57 Å². The Balaban J connectivity index is 1.77. The van der Waals surface area contributed by atoms with E-state index in [0.29, 0.717) is 41.2 Å². The lowest BCUT2D eigenvalue weighted by Crippen LogP contribution is -2.41. The molecule has 0 aliphatic heterocycles. The van der Waals surface area contributed by atoms with Crippen molar-refractivity contribution in [2.24, 2.45) is 0 Å². The number of fused-ring (bicyclic) bond motifs is 1. The smallest absolute Gasteiger partial charge is 0.262 e. The summed E-state index contributed by atoms with van der Waals surface area (Å²) < 4.78 is 1.73. The SMILES string of the molecule is CC(Sc1nc2ccccc2c(=O)n1CCN(C(C)C)C(C)C)C(=O)NCCc1ccccc1. The third-order valence-electron chi connectivity index (χ3n) is 5.94. The average molecular weight is 481 g/mol. The molecule has 0 saturated heterocycles. The Hall–Kier alpha value is -2.64. The molecule has 1 atom stereocenters. The van der Waals surface area contributed by atoms with Crippen molar-refractivity contribution in [3.63, 3.8) is 0 Å². The molecule has 1 unspecified atom stereocenters. The first-order valence-corrected chi connectivity index (χ1v) is 12.9. The quantitative estimate of drug-likeness (QED) is 0.326. The Morgan fingerprint density at radius 3 is 2.32 bits per heavy atom. The van der Waals surface area contributed by atoms with Gasteiger partial charge in [0.1, 0.15) is 0 Å². The van der Waals surface area contributed by atoms with Gasteiger partial charge in [0.15, 0.2) is 5.16 Å². The summed E-state index contributed by atoms with van der Waals surface area (Å²) in [6.45, 7) is 12.4. The number of rotatable bonds is 11. The van der Waals surface area contributed by atoms with Crippen LogP contribution in [0.2, 0.25) is 0 Å². The highest BCUT2D eigenvalue weighted by molar-refractivity contribution is 8.00. The predicted octanol–water partition coefficient (Wildman–Crippen LogP) is 4.35. The number of carbonyl (C=O) groups excluding carboxylic acids is 1. The van der Waals surface area contributed by atoms with E-state index in [9.17, 15) is 9.59 Å². The van der Waals surface area contributed by atoms with Crippen molar-refractivity contribution in [1.82, 2.24) is 19.8 Å². The molecule has 1 N–H and O–H groups in total. The number of carbonyl (C=O) groups is 1. The number of nitrogens with one attached hydrogen (secondary N) is 1. The van der Waals surface area contributed by atoms with Gasteiger partial charge in [0.05, 0.1) is 16.2 Å². The first-order valence-electron chi connectivity index (χ1n) is 12.0. The minimum atomic E-state index is -0.374. The predicted molar refractivity (Wildman–Crippen MR) is 141 cm³/mol. The average Bonchev–Trinajstić information content (AvgIpc) is 2.81.